The first-order valence-electron chi connectivity index (χ1n) is 8.21. The first kappa shape index (κ1) is 18.2. The van der Waals surface area contributed by atoms with Crippen molar-refractivity contribution in [2.24, 2.45) is 5.41 Å². The van der Waals surface area contributed by atoms with Crippen molar-refractivity contribution in [3.8, 4) is 0 Å². The molecule has 0 radical (unpaired) electrons. The molecule has 1 aromatic rings. The average Bonchev–Trinajstić information content (AvgIpc) is 2.74. The molecule has 2 unspecified atom stereocenters. The van der Waals surface area contributed by atoms with Crippen molar-refractivity contribution < 1.29 is 4.74 Å². The summed E-state index contributed by atoms with van der Waals surface area (Å²) in [5.41, 5.74) is 2.48. The summed E-state index contributed by atoms with van der Waals surface area (Å²) in [6.07, 6.45) is 1.13. The minimum Gasteiger partial charge on any atom is -0.376 e. The van der Waals surface area contributed by atoms with E-state index in [0.717, 1.165) is 31.8 Å². The fourth-order valence-electron chi connectivity index (χ4n) is 2.96. The predicted molar refractivity (Wildman–Crippen MR) is 88.7 cm³/mol. The lowest BCUT2D eigenvalue weighted by molar-refractivity contribution is -0.0355. The zero-order chi connectivity index (χ0) is 16.0. The molecule has 0 bridgehead atoms. The van der Waals surface area contributed by atoms with Crippen molar-refractivity contribution >= 4 is 0 Å². The van der Waals surface area contributed by atoms with Gasteiger partial charge in [0.1, 0.15) is 0 Å². The smallest absolute Gasteiger partial charge is 0.0779 e. The Balaban J connectivity index is 2.98. The van der Waals surface area contributed by atoms with Gasteiger partial charge in [0, 0.05) is 31.3 Å². The third-order valence-electron chi connectivity index (χ3n) is 3.75. The van der Waals surface area contributed by atoms with Gasteiger partial charge >= 0.3 is 0 Å². The molecule has 1 rings (SSSR count). The van der Waals surface area contributed by atoms with E-state index in [1.54, 1.807) is 0 Å². The van der Waals surface area contributed by atoms with E-state index < -0.39 is 0 Å². The normalized spacial score (nSPS) is 15.2. The molecule has 4 heteroatoms. The van der Waals surface area contributed by atoms with Gasteiger partial charge in [-0.15, -0.1) is 0 Å². The summed E-state index contributed by atoms with van der Waals surface area (Å²) in [5.74, 6) is 0. The maximum atomic E-state index is 6.08. The Morgan fingerprint density at radius 1 is 1.29 bits per heavy atom. The number of ether oxygens (including phenoxy) is 1. The van der Waals surface area contributed by atoms with Crippen LogP contribution in [0.3, 0.4) is 0 Å². The largest absolute Gasteiger partial charge is 0.376 e. The molecule has 21 heavy (non-hydrogen) atoms. The van der Waals surface area contributed by atoms with Crippen LogP contribution < -0.4 is 5.32 Å². The topological polar surface area (TPSA) is 39.1 Å². The fourth-order valence-corrected chi connectivity index (χ4v) is 2.96. The lowest BCUT2D eigenvalue weighted by atomic mass is 9.82. The third kappa shape index (κ3) is 5.11. The number of aryl methyl sites for hydroxylation is 2. The van der Waals surface area contributed by atoms with E-state index in [-0.39, 0.29) is 11.5 Å². The maximum Gasteiger partial charge on any atom is 0.0779 e. The first-order valence-corrected chi connectivity index (χ1v) is 8.21. The summed E-state index contributed by atoms with van der Waals surface area (Å²) >= 11 is 0. The van der Waals surface area contributed by atoms with Crippen LogP contribution in [-0.2, 0) is 17.7 Å². The van der Waals surface area contributed by atoms with Gasteiger partial charge in [-0.05, 0) is 38.8 Å². The van der Waals surface area contributed by atoms with Crippen molar-refractivity contribution in [2.45, 2.75) is 73.6 Å². The molecule has 0 saturated carbocycles. The Labute approximate surface area is 130 Å². The summed E-state index contributed by atoms with van der Waals surface area (Å²) in [6.45, 7) is 17.8. The Bertz CT molecular complexity index is 420. The van der Waals surface area contributed by atoms with E-state index in [9.17, 15) is 0 Å². The first-order chi connectivity index (χ1) is 9.83. The molecule has 0 aromatic carbocycles. The van der Waals surface area contributed by atoms with E-state index in [0.29, 0.717) is 6.04 Å². The molecular weight excluding hydrogens is 262 g/mol. The van der Waals surface area contributed by atoms with E-state index in [2.05, 4.69) is 69.6 Å². The molecular formula is C17H33N3O. The molecule has 122 valence electrons. The molecule has 0 fully saturated rings. The molecule has 0 aliphatic heterocycles. The van der Waals surface area contributed by atoms with Gasteiger partial charge < -0.3 is 10.1 Å². The van der Waals surface area contributed by atoms with E-state index in [1.807, 2.05) is 0 Å². The van der Waals surface area contributed by atoms with Crippen molar-refractivity contribution in [1.29, 1.82) is 0 Å². The molecule has 4 nitrogen and oxygen atoms in total. The van der Waals surface area contributed by atoms with Gasteiger partial charge in [-0.3, -0.25) is 4.68 Å². The zero-order valence-electron chi connectivity index (χ0n) is 14.9. The van der Waals surface area contributed by atoms with Crippen LogP contribution in [0.1, 0.15) is 52.9 Å². The Morgan fingerprint density at radius 2 is 1.95 bits per heavy atom. The zero-order valence-corrected chi connectivity index (χ0v) is 14.9. The highest BCUT2D eigenvalue weighted by molar-refractivity contribution is 5.11. The molecule has 0 aliphatic carbocycles. The highest BCUT2D eigenvalue weighted by Gasteiger charge is 2.33. The molecule has 0 saturated heterocycles. The second kappa shape index (κ2) is 7.95. The van der Waals surface area contributed by atoms with Gasteiger partial charge in [-0.1, -0.05) is 27.7 Å². The summed E-state index contributed by atoms with van der Waals surface area (Å²) < 4.78 is 8.18. The number of hydrogen-bond acceptors (Lipinski definition) is 3. The third-order valence-corrected chi connectivity index (χ3v) is 3.75. The predicted octanol–water partition coefficient (Wildman–Crippen LogP) is 3.18. The number of aromatic nitrogens is 2. The maximum absolute atomic E-state index is 6.08. The summed E-state index contributed by atoms with van der Waals surface area (Å²) in [4.78, 5) is 0. The van der Waals surface area contributed by atoms with Gasteiger partial charge in [-0.2, -0.15) is 5.10 Å². The van der Waals surface area contributed by atoms with Crippen LogP contribution in [0.4, 0.5) is 0 Å². The average molecular weight is 295 g/mol. The Morgan fingerprint density at radius 3 is 2.43 bits per heavy atom. The van der Waals surface area contributed by atoms with Gasteiger partial charge in [0.2, 0.25) is 0 Å². The van der Waals surface area contributed by atoms with Crippen LogP contribution in [0.5, 0.6) is 0 Å². The summed E-state index contributed by atoms with van der Waals surface area (Å²) in [7, 11) is 0. The van der Waals surface area contributed by atoms with Crippen LogP contribution in [-0.4, -0.2) is 35.1 Å². The molecule has 1 aromatic heterocycles. The number of nitrogens with one attached hydrogen (secondary N) is 1. The molecule has 1 N–H and O–H groups in total. The number of rotatable bonds is 8. The van der Waals surface area contributed by atoms with E-state index in [1.165, 1.54) is 5.69 Å². The highest BCUT2D eigenvalue weighted by Crippen LogP contribution is 2.27. The van der Waals surface area contributed by atoms with Gasteiger partial charge in [0.05, 0.1) is 11.8 Å². The molecule has 0 amide bonds. The van der Waals surface area contributed by atoms with Gasteiger partial charge in [-0.25, -0.2) is 0 Å². The fraction of sp³-hybridized carbons (Fsp3) is 0.824. The monoisotopic (exact) mass is 295 g/mol. The van der Waals surface area contributed by atoms with Crippen LogP contribution in [0.25, 0.3) is 0 Å². The Kier molecular flexibility index (Phi) is 6.88. The van der Waals surface area contributed by atoms with Crippen molar-refractivity contribution in [3.63, 3.8) is 0 Å². The molecule has 2 atom stereocenters. The van der Waals surface area contributed by atoms with Gasteiger partial charge in [0.15, 0.2) is 0 Å². The lowest BCUT2D eigenvalue weighted by Crippen LogP contribution is -2.49. The summed E-state index contributed by atoms with van der Waals surface area (Å²) in [5, 5.41) is 8.17. The minimum atomic E-state index is 0.106. The number of likely N-dealkylation sites (N-methyl/N-ethyl adjacent to an activating group) is 1. The van der Waals surface area contributed by atoms with Crippen LogP contribution >= 0.6 is 0 Å². The quantitative estimate of drug-likeness (QED) is 0.800. The van der Waals surface area contributed by atoms with E-state index >= 15 is 0 Å². The number of hydrogen-bond donors (Lipinski definition) is 1. The van der Waals surface area contributed by atoms with E-state index in [4.69, 9.17) is 4.74 Å². The minimum absolute atomic E-state index is 0.106. The second-order valence-electron chi connectivity index (χ2n) is 6.70. The van der Waals surface area contributed by atoms with Gasteiger partial charge in [0.25, 0.3) is 0 Å². The highest BCUT2D eigenvalue weighted by atomic mass is 16.5. The molecule has 0 aliphatic rings. The number of nitrogens with zero attached hydrogens (tertiary/aromatic N) is 2. The van der Waals surface area contributed by atoms with Crippen molar-refractivity contribution in [2.75, 3.05) is 13.2 Å². The Hall–Kier alpha value is -0.870. The molecule has 1 heterocycles. The lowest BCUT2D eigenvalue weighted by Gasteiger charge is -2.37. The molecule has 0 spiro atoms. The van der Waals surface area contributed by atoms with Crippen molar-refractivity contribution in [1.82, 2.24) is 15.1 Å². The standard InChI is InChI=1S/C17H33N3O/c1-8-18-15(16(21-10-3)17(5,6)7)12-14-11-13(4)19-20(14)9-2/h11,15-16,18H,8-10,12H2,1-7H3. The SMILES string of the molecule is CCNC(Cc1cc(C)nn1CC)C(OCC)C(C)(C)C. The van der Waals surface area contributed by atoms with Crippen LogP contribution in [0, 0.1) is 12.3 Å². The van der Waals surface area contributed by atoms with Crippen LogP contribution in [0.2, 0.25) is 0 Å². The summed E-state index contributed by atoms with van der Waals surface area (Å²) in [6, 6.07) is 2.50. The van der Waals surface area contributed by atoms with Crippen molar-refractivity contribution in [3.05, 3.63) is 17.5 Å². The second-order valence-corrected chi connectivity index (χ2v) is 6.70. The van der Waals surface area contributed by atoms with Crippen LogP contribution in [0.15, 0.2) is 6.07 Å².